The Morgan fingerprint density at radius 1 is 1.06 bits per heavy atom. The van der Waals surface area contributed by atoms with Gasteiger partial charge in [-0.05, 0) is 31.2 Å². The molecule has 2 aromatic heterocycles. The lowest BCUT2D eigenvalue weighted by atomic mass is 10.1. The topological polar surface area (TPSA) is 70.4 Å². The fourth-order valence-corrected chi connectivity index (χ4v) is 3.55. The SMILES string of the molecule is CCOc1ccc(Nc2nccc(-c3cn(CCOC)c4ccccc34)n2)c(OC)c1. The first-order chi connectivity index (χ1) is 15.2. The van der Waals surface area contributed by atoms with Crippen LogP contribution in [0.1, 0.15) is 6.92 Å². The van der Waals surface area contributed by atoms with Crippen molar-refractivity contribution in [1.29, 1.82) is 0 Å². The second kappa shape index (κ2) is 9.49. The van der Waals surface area contributed by atoms with Gasteiger partial charge in [-0.15, -0.1) is 0 Å². The highest BCUT2D eigenvalue weighted by molar-refractivity contribution is 5.95. The highest BCUT2D eigenvalue weighted by Gasteiger charge is 2.13. The summed E-state index contributed by atoms with van der Waals surface area (Å²) in [6.07, 6.45) is 3.88. The molecule has 7 nitrogen and oxygen atoms in total. The molecule has 160 valence electrons. The molecule has 0 spiro atoms. The van der Waals surface area contributed by atoms with Gasteiger partial charge in [0.05, 0.1) is 31.7 Å². The maximum atomic E-state index is 5.55. The van der Waals surface area contributed by atoms with Crippen molar-refractivity contribution >= 4 is 22.5 Å². The number of hydrogen-bond acceptors (Lipinski definition) is 6. The second-order valence-electron chi connectivity index (χ2n) is 6.93. The Balaban J connectivity index is 1.67. The standard InChI is InChI=1S/C24H26N4O3/c1-4-31-17-9-10-21(23(15-17)30-3)27-24-25-12-11-20(26-24)19-16-28(13-14-29-2)22-8-6-5-7-18(19)22/h5-12,15-16H,4,13-14H2,1-3H3,(H,25,26,27). The summed E-state index contributed by atoms with van der Waals surface area (Å²) in [5.41, 5.74) is 3.81. The summed E-state index contributed by atoms with van der Waals surface area (Å²) in [5, 5.41) is 4.40. The molecule has 0 aliphatic heterocycles. The molecule has 0 aliphatic rings. The van der Waals surface area contributed by atoms with Gasteiger partial charge in [-0.2, -0.15) is 0 Å². The van der Waals surface area contributed by atoms with E-state index >= 15 is 0 Å². The average Bonchev–Trinajstić information content (AvgIpc) is 3.18. The van der Waals surface area contributed by atoms with Gasteiger partial charge in [0, 0.05) is 48.6 Å². The van der Waals surface area contributed by atoms with Gasteiger partial charge < -0.3 is 24.1 Å². The second-order valence-corrected chi connectivity index (χ2v) is 6.93. The number of methoxy groups -OCH3 is 2. The van der Waals surface area contributed by atoms with Gasteiger partial charge in [-0.25, -0.2) is 9.97 Å². The lowest BCUT2D eigenvalue weighted by Gasteiger charge is -2.12. The summed E-state index contributed by atoms with van der Waals surface area (Å²) in [4.78, 5) is 9.16. The maximum Gasteiger partial charge on any atom is 0.227 e. The number of hydrogen-bond donors (Lipinski definition) is 1. The summed E-state index contributed by atoms with van der Waals surface area (Å²) in [6.45, 7) is 3.96. The van der Waals surface area contributed by atoms with Crippen LogP contribution in [0.25, 0.3) is 22.2 Å². The molecule has 0 fully saturated rings. The molecular formula is C24H26N4O3. The molecule has 4 aromatic rings. The summed E-state index contributed by atoms with van der Waals surface area (Å²) in [5.74, 6) is 1.91. The molecule has 0 bridgehead atoms. The number of fused-ring (bicyclic) bond motifs is 1. The van der Waals surface area contributed by atoms with Crippen LogP contribution in [0.15, 0.2) is 60.9 Å². The normalized spacial score (nSPS) is 10.9. The average molecular weight is 418 g/mol. The van der Waals surface area contributed by atoms with Crippen molar-refractivity contribution in [3.8, 4) is 22.8 Å². The van der Waals surface area contributed by atoms with E-state index in [1.165, 1.54) is 0 Å². The first-order valence-electron chi connectivity index (χ1n) is 10.2. The van der Waals surface area contributed by atoms with Gasteiger partial charge in [-0.3, -0.25) is 0 Å². The van der Waals surface area contributed by atoms with Crippen molar-refractivity contribution in [1.82, 2.24) is 14.5 Å². The Kier molecular flexibility index (Phi) is 6.33. The number of anilines is 2. The molecule has 7 heteroatoms. The molecule has 0 radical (unpaired) electrons. The first-order valence-corrected chi connectivity index (χ1v) is 10.2. The van der Waals surface area contributed by atoms with Gasteiger partial charge in [0.15, 0.2) is 0 Å². The summed E-state index contributed by atoms with van der Waals surface area (Å²) < 4.78 is 18.5. The van der Waals surface area contributed by atoms with Crippen molar-refractivity contribution in [2.75, 3.05) is 32.8 Å². The van der Waals surface area contributed by atoms with E-state index in [4.69, 9.17) is 19.2 Å². The van der Waals surface area contributed by atoms with E-state index in [-0.39, 0.29) is 0 Å². The molecule has 31 heavy (non-hydrogen) atoms. The number of nitrogens with one attached hydrogen (secondary N) is 1. The summed E-state index contributed by atoms with van der Waals surface area (Å²) >= 11 is 0. The Morgan fingerprint density at radius 2 is 1.94 bits per heavy atom. The fourth-order valence-electron chi connectivity index (χ4n) is 3.55. The number of nitrogens with zero attached hydrogens (tertiary/aromatic N) is 3. The zero-order chi connectivity index (χ0) is 21.6. The van der Waals surface area contributed by atoms with Crippen LogP contribution in [0.2, 0.25) is 0 Å². The number of ether oxygens (including phenoxy) is 3. The number of rotatable bonds is 9. The van der Waals surface area contributed by atoms with E-state index in [2.05, 4.69) is 33.2 Å². The van der Waals surface area contributed by atoms with Crippen LogP contribution in [-0.2, 0) is 11.3 Å². The Morgan fingerprint density at radius 3 is 2.74 bits per heavy atom. The van der Waals surface area contributed by atoms with Gasteiger partial charge in [0.1, 0.15) is 11.5 Å². The molecule has 0 atom stereocenters. The first kappa shape index (κ1) is 20.7. The Hall–Kier alpha value is -3.58. The Bertz CT molecular complexity index is 1170. The number of aromatic nitrogens is 3. The van der Waals surface area contributed by atoms with Gasteiger partial charge in [-0.1, -0.05) is 18.2 Å². The van der Waals surface area contributed by atoms with Crippen molar-refractivity contribution in [2.24, 2.45) is 0 Å². The van der Waals surface area contributed by atoms with E-state index in [0.29, 0.717) is 24.9 Å². The van der Waals surface area contributed by atoms with Crippen LogP contribution in [0.4, 0.5) is 11.6 Å². The van der Waals surface area contributed by atoms with Crippen LogP contribution in [-0.4, -0.2) is 42.0 Å². The molecule has 2 aromatic carbocycles. The molecule has 0 saturated heterocycles. The largest absolute Gasteiger partial charge is 0.494 e. The van der Waals surface area contributed by atoms with E-state index in [9.17, 15) is 0 Å². The van der Waals surface area contributed by atoms with Crippen LogP contribution in [0, 0.1) is 0 Å². The third kappa shape index (κ3) is 4.46. The predicted molar refractivity (Wildman–Crippen MR) is 122 cm³/mol. The highest BCUT2D eigenvalue weighted by Crippen LogP contribution is 2.33. The van der Waals surface area contributed by atoms with E-state index < -0.39 is 0 Å². The van der Waals surface area contributed by atoms with Gasteiger partial charge in [0.25, 0.3) is 0 Å². The molecular weight excluding hydrogens is 392 g/mol. The number of para-hydroxylation sites is 1. The summed E-state index contributed by atoms with van der Waals surface area (Å²) in [7, 11) is 3.34. The smallest absolute Gasteiger partial charge is 0.227 e. The third-order valence-corrected chi connectivity index (χ3v) is 4.99. The van der Waals surface area contributed by atoms with Crippen molar-refractivity contribution in [3.63, 3.8) is 0 Å². The minimum Gasteiger partial charge on any atom is -0.494 e. The lowest BCUT2D eigenvalue weighted by molar-refractivity contribution is 0.188. The molecule has 2 heterocycles. The van der Waals surface area contributed by atoms with E-state index in [1.807, 2.05) is 43.3 Å². The van der Waals surface area contributed by atoms with Crippen LogP contribution < -0.4 is 14.8 Å². The van der Waals surface area contributed by atoms with Gasteiger partial charge >= 0.3 is 0 Å². The van der Waals surface area contributed by atoms with Crippen LogP contribution >= 0.6 is 0 Å². The van der Waals surface area contributed by atoms with Gasteiger partial charge in [0.2, 0.25) is 5.95 Å². The molecule has 0 unspecified atom stereocenters. The van der Waals surface area contributed by atoms with E-state index in [0.717, 1.165) is 40.1 Å². The number of benzene rings is 2. The van der Waals surface area contributed by atoms with Crippen LogP contribution in [0.3, 0.4) is 0 Å². The highest BCUT2D eigenvalue weighted by atomic mass is 16.5. The molecule has 0 amide bonds. The monoisotopic (exact) mass is 418 g/mol. The Labute approximate surface area is 181 Å². The molecule has 4 rings (SSSR count). The maximum absolute atomic E-state index is 5.55. The van der Waals surface area contributed by atoms with Crippen molar-refractivity contribution < 1.29 is 14.2 Å². The van der Waals surface area contributed by atoms with Crippen LogP contribution in [0.5, 0.6) is 11.5 Å². The quantitative estimate of drug-likeness (QED) is 0.417. The molecule has 0 aliphatic carbocycles. The minimum atomic E-state index is 0.494. The van der Waals surface area contributed by atoms with E-state index in [1.54, 1.807) is 20.4 Å². The van der Waals surface area contributed by atoms with Crippen molar-refractivity contribution in [2.45, 2.75) is 13.5 Å². The predicted octanol–water partition coefficient (Wildman–Crippen LogP) is 4.90. The molecule has 1 N–H and O–H groups in total. The minimum absolute atomic E-state index is 0.494. The molecule has 0 saturated carbocycles. The lowest BCUT2D eigenvalue weighted by Crippen LogP contribution is -2.02. The third-order valence-electron chi connectivity index (χ3n) is 4.99. The zero-order valence-electron chi connectivity index (χ0n) is 18.0. The summed E-state index contributed by atoms with van der Waals surface area (Å²) in [6, 6.07) is 15.9. The zero-order valence-corrected chi connectivity index (χ0v) is 18.0. The van der Waals surface area contributed by atoms with Crippen molar-refractivity contribution in [3.05, 3.63) is 60.9 Å². The fraction of sp³-hybridized carbons (Fsp3) is 0.250.